The van der Waals surface area contributed by atoms with Crippen LogP contribution >= 0.6 is 0 Å². The van der Waals surface area contributed by atoms with E-state index in [1.165, 1.54) is 0 Å². The summed E-state index contributed by atoms with van der Waals surface area (Å²) in [7, 11) is 0. The summed E-state index contributed by atoms with van der Waals surface area (Å²) in [5.41, 5.74) is 2.40. The zero-order valence-electron chi connectivity index (χ0n) is 17.6. The van der Waals surface area contributed by atoms with Gasteiger partial charge in [-0.3, -0.25) is 14.3 Å². The van der Waals surface area contributed by atoms with E-state index in [9.17, 15) is 14.4 Å². The van der Waals surface area contributed by atoms with Crippen LogP contribution in [0, 0.1) is 5.92 Å². The lowest BCUT2D eigenvalue weighted by Gasteiger charge is -2.08. The van der Waals surface area contributed by atoms with Gasteiger partial charge in [-0.1, -0.05) is 26.0 Å². The molecule has 31 heavy (non-hydrogen) atoms. The summed E-state index contributed by atoms with van der Waals surface area (Å²) in [5, 5.41) is 6.93. The molecular weight excluding hydrogens is 394 g/mol. The normalized spacial score (nSPS) is 10.7. The first-order chi connectivity index (χ1) is 14.9. The molecule has 1 N–H and O–H groups in total. The van der Waals surface area contributed by atoms with E-state index in [1.807, 2.05) is 38.2 Å². The van der Waals surface area contributed by atoms with E-state index in [2.05, 4.69) is 10.4 Å². The van der Waals surface area contributed by atoms with Crippen LogP contribution in [-0.2, 0) is 16.1 Å². The fourth-order valence-electron chi connectivity index (χ4n) is 2.95. The van der Waals surface area contributed by atoms with E-state index in [1.54, 1.807) is 47.3 Å². The summed E-state index contributed by atoms with van der Waals surface area (Å²) in [4.78, 5) is 36.4. The van der Waals surface area contributed by atoms with Crippen molar-refractivity contribution in [2.75, 3.05) is 11.9 Å². The number of ketones is 1. The molecule has 0 aliphatic rings. The van der Waals surface area contributed by atoms with E-state index in [4.69, 9.17) is 4.74 Å². The number of rotatable bonds is 9. The number of benzene rings is 2. The van der Waals surface area contributed by atoms with Gasteiger partial charge in [0.25, 0.3) is 0 Å². The van der Waals surface area contributed by atoms with Crippen molar-refractivity contribution in [3.8, 4) is 0 Å². The van der Waals surface area contributed by atoms with Gasteiger partial charge in [-0.2, -0.15) is 5.10 Å². The fraction of sp³-hybridized carbons (Fsp3) is 0.250. The molecule has 0 saturated heterocycles. The highest BCUT2D eigenvalue weighted by Crippen LogP contribution is 2.13. The lowest BCUT2D eigenvalue weighted by molar-refractivity contribution is -0.116. The molecule has 1 aromatic heterocycles. The Morgan fingerprint density at radius 3 is 2.29 bits per heavy atom. The molecule has 7 nitrogen and oxygen atoms in total. The van der Waals surface area contributed by atoms with Gasteiger partial charge in [-0.15, -0.1) is 0 Å². The van der Waals surface area contributed by atoms with Crippen molar-refractivity contribution in [3.63, 3.8) is 0 Å². The highest BCUT2D eigenvalue weighted by Gasteiger charge is 2.13. The number of hydrogen-bond acceptors (Lipinski definition) is 5. The molecule has 1 heterocycles. The van der Waals surface area contributed by atoms with Gasteiger partial charge in [0, 0.05) is 30.1 Å². The molecule has 1 amide bonds. The number of esters is 1. The molecule has 160 valence electrons. The van der Waals surface area contributed by atoms with Gasteiger partial charge in [0.2, 0.25) is 5.91 Å². The van der Waals surface area contributed by atoms with Crippen molar-refractivity contribution in [3.05, 3.63) is 83.7 Å². The maximum absolute atomic E-state index is 12.3. The molecule has 0 aliphatic heterocycles. The molecule has 0 atom stereocenters. The predicted octanol–water partition coefficient (Wildman–Crippen LogP) is 3.96. The summed E-state index contributed by atoms with van der Waals surface area (Å²) in [6.07, 6.45) is 4.00. The van der Waals surface area contributed by atoms with Gasteiger partial charge in [-0.25, -0.2) is 4.79 Å². The SMILES string of the molecule is CC(C)CC(=O)Nc1ccc(C(=O)COC(=O)c2ccc(Cn3cccn3)cc2)cc1. The summed E-state index contributed by atoms with van der Waals surface area (Å²) in [5.74, 6) is -0.679. The van der Waals surface area contributed by atoms with Gasteiger partial charge in [-0.05, 0) is 53.9 Å². The van der Waals surface area contributed by atoms with E-state index in [0.29, 0.717) is 29.8 Å². The van der Waals surface area contributed by atoms with Gasteiger partial charge in [0.15, 0.2) is 12.4 Å². The summed E-state index contributed by atoms with van der Waals surface area (Å²) in [6, 6.07) is 15.4. The molecule has 3 aromatic rings. The van der Waals surface area contributed by atoms with Crippen LogP contribution < -0.4 is 5.32 Å². The Labute approximate surface area is 181 Å². The second-order valence-corrected chi connectivity index (χ2v) is 7.62. The molecule has 0 bridgehead atoms. The third-order valence-corrected chi connectivity index (χ3v) is 4.51. The van der Waals surface area contributed by atoms with E-state index >= 15 is 0 Å². The molecule has 7 heteroatoms. The molecular formula is C24H25N3O4. The Hall–Kier alpha value is -3.74. The molecule has 0 aliphatic carbocycles. The molecule has 0 radical (unpaired) electrons. The van der Waals surface area contributed by atoms with E-state index < -0.39 is 5.97 Å². The first-order valence-electron chi connectivity index (χ1n) is 10.1. The minimum absolute atomic E-state index is 0.0707. The van der Waals surface area contributed by atoms with Gasteiger partial charge in [0.1, 0.15) is 0 Å². The van der Waals surface area contributed by atoms with Crippen LogP contribution in [0.3, 0.4) is 0 Å². The second kappa shape index (κ2) is 10.3. The quantitative estimate of drug-likeness (QED) is 0.419. The first kappa shape index (κ1) is 22.0. The molecule has 0 spiro atoms. The molecule has 0 saturated carbocycles. The summed E-state index contributed by atoms with van der Waals surface area (Å²) < 4.78 is 6.94. The highest BCUT2D eigenvalue weighted by molar-refractivity contribution is 6.00. The summed E-state index contributed by atoms with van der Waals surface area (Å²) in [6.45, 7) is 4.19. The molecule has 0 unspecified atom stereocenters. The van der Waals surface area contributed by atoms with Gasteiger partial charge in [0.05, 0.1) is 12.1 Å². The van der Waals surface area contributed by atoms with E-state index in [0.717, 1.165) is 5.56 Å². The van der Waals surface area contributed by atoms with Crippen molar-refractivity contribution in [1.29, 1.82) is 0 Å². The number of amides is 1. The Morgan fingerprint density at radius 2 is 1.68 bits per heavy atom. The maximum Gasteiger partial charge on any atom is 0.338 e. The van der Waals surface area contributed by atoms with Crippen molar-refractivity contribution in [1.82, 2.24) is 9.78 Å². The minimum atomic E-state index is -0.559. The minimum Gasteiger partial charge on any atom is -0.454 e. The zero-order valence-corrected chi connectivity index (χ0v) is 17.6. The van der Waals surface area contributed by atoms with Crippen LogP contribution in [0.25, 0.3) is 0 Å². The van der Waals surface area contributed by atoms with Crippen LogP contribution in [0.1, 0.15) is 46.5 Å². The number of nitrogens with one attached hydrogen (secondary N) is 1. The van der Waals surface area contributed by atoms with Crippen LogP contribution in [0.5, 0.6) is 0 Å². The largest absolute Gasteiger partial charge is 0.454 e. The number of nitrogens with zero attached hydrogens (tertiary/aromatic N) is 2. The fourth-order valence-corrected chi connectivity index (χ4v) is 2.95. The molecule has 3 rings (SSSR count). The summed E-state index contributed by atoms with van der Waals surface area (Å²) >= 11 is 0. The van der Waals surface area contributed by atoms with Crippen LogP contribution in [-0.4, -0.2) is 34.0 Å². The number of hydrogen-bond donors (Lipinski definition) is 1. The standard InChI is InChI=1S/C24H25N3O4/c1-17(2)14-23(29)26-21-10-8-19(9-11-21)22(28)16-31-24(30)20-6-4-18(5-7-20)15-27-13-3-12-25-27/h3-13,17H,14-16H2,1-2H3,(H,26,29). The van der Waals surface area contributed by atoms with Gasteiger partial charge < -0.3 is 10.1 Å². The number of ether oxygens (including phenoxy) is 1. The average molecular weight is 419 g/mol. The second-order valence-electron chi connectivity index (χ2n) is 7.62. The lowest BCUT2D eigenvalue weighted by Crippen LogP contribution is -2.15. The van der Waals surface area contributed by atoms with Crippen LogP contribution in [0.4, 0.5) is 5.69 Å². The third kappa shape index (κ3) is 6.64. The van der Waals surface area contributed by atoms with Crippen molar-refractivity contribution in [2.24, 2.45) is 5.92 Å². The topological polar surface area (TPSA) is 90.3 Å². The average Bonchev–Trinajstić information content (AvgIpc) is 3.25. The number of carbonyl (C=O) groups is 3. The number of aromatic nitrogens is 2. The monoisotopic (exact) mass is 419 g/mol. The predicted molar refractivity (Wildman–Crippen MR) is 117 cm³/mol. The third-order valence-electron chi connectivity index (χ3n) is 4.51. The number of anilines is 1. The maximum atomic E-state index is 12.3. The Kier molecular flexibility index (Phi) is 7.32. The Balaban J connectivity index is 1.49. The molecule has 0 fully saturated rings. The lowest BCUT2D eigenvalue weighted by atomic mass is 10.1. The highest BCUT2D eigenvalue weighted by atomic mass is 16.5. The van der Waals surface area contributed by atoms with E-state index in [-0.39, 0.29) is 24.2 Å². The van der Waals surface area contributed by atoms with Crippen molar-refractivity contribution < 1.29 is 19.1 Å². The van der Waals surface area contributed by atoms with Crippen molar-refractivity contribution in [2.45, 2.75) is 26.8 Å². The van der Waals surface area contributed by atoms with Crippen LogP contribution in [0.15, 0.2) is 67.0 Å². The smallest absolute Gasteiger partial charge is 0.338 e. The first-order valence-corrected chi connectivity index (χ1v) is 10.1. The Bertz CT molecular complexity index is 1020. The Morgan fingerprint density at radius 1 is 1.00 bits per heavy atom. The zero-order chi connectivity index (χ0) is 22.2. The van der Waals surface area contributed by atoms with Crippen LogP contribution in [0.2, 0.25) is 0 Å². The number of carbonyl (C=O) groups excluding carboxylic acids is 3. The van der Waals surface area contributed by atoms with Gasteiger partial charge >= 0.3 is 5.97 Å². The van der Waals surface area contributed by atoms with Crippen molar-refractivity contribution >= 4 is 23.3 Å². The molecule has 2 aromatic carbocycles. The number of Topliss-reactive ketones (excluding diaryl/α,β-unsaturated/α-hetero) is 1.